The standard InChI is InChI=1S/C2H4N3/c1-2-4-5-3-1/h1H,2H2,(H,3,4). The fourth-order valence-corrected chi connectivity index (χ4v) is 0.204. The molecular formula is C2H4N3. The fourth-order valence-electron chi connectivity index (χ4n) is 0.204. The molecule has 0 aliphatic carbocycles. The van der Waals surface area contributed by atoms with E-state index in [4.69, 9.17) is 0 Å². The van der Waals surface area contributed by atoms with Crippen molar-refractivity contribution in [2.45, 2.75) is 0 Å². The van der Waals surface area contributed by atoms with Crippen molar-refractivity contribution in [2.24, 2.45) is 10.3 Å². The van der Waals surface area contributed by atoms with E-state index in [0.717, 1.165) is 6.54 Å². The lowest BCUT2D eigenvalue weighted by Crippen LogP contribution is -1.96. The fraction of sp³-hybridized carbons (Fsp3) is 0.500. The number of hydrogen-bond acceptors (Lipinski definition) is 3. The zero-order valence-corrected chi connectivity index (χ0v) is 2.68. The average molecular weight is 70.1 g/mol. The van der Waals surface area contributed by atoms with Crippen LogP contribution in [0.15, 0.2) is 10.3 Å². The second kappa shape index (κ2) is 1.01. The molecule has 0 aromatic rings. The van der Waals surface area contributed by atoms with Gasteiger partial charge >= 0.3 is 0 Å². The van der Waals surface area contributed by atoms with E-state index in [0.29, 0.717) is 0 Å². The summed E-state index contributed by atoms with van der Waals surface area (Å²) in [5.41, 5.74) is 2.62. The highest BCUT2D eigenvalue weighted by atomic mass is 15.5. The van der Waals surface area contributed by atoms with Gasteiger partial charge < -0.3 is 0 Å². The maximum atomic E-state index is 3.47. The summed E-state index contributed by atoms with van der Waals surface area (Å²) < 4.78 is 0. The summed E-state index contributed by atoms with van der Waals surface area (Å²) in [5, 5.41) is 6.88. The predicted molar refractivity (Wildman–Crippen MR) is 17.2 cm³/mol. The van der Waals surface area contributed by atoms with Gasteiger partial charge in [0.25, 0.3) is 0 Å². The third kappa shape index (κ3) is 0.344. The van der Waals surface area contributed by atoms with E-state index >= 15 is 0 Å². The summed E-state index contributed by atoms with van der Waals surface area (Å²) >= 11 is 0. The van der Waals surface area contributed by atoms with Crippen molar-refractivity contribution in [1.82, 2.24) is 5.43 Å². The zero-order chi connectivity index (χ0) is 3.54. The molecule has 1 radical (unpaired) electrons. The van der Waals surface area contributed by atoms with Crippen LogP contribution >= 0.6 is 0 Å². The SMILES string of the molecule is [CH]1CNN=N1. The molecule has 0 bridgehead atoms. The molecule has 1 heterocycles. The average Bonchev–Trinajstić information content (AvgIpc) is 1.76. The Kier molecular flexibility index (Phi) is 0.532. The second-order valence-electron chi connectivity index (χ2n) is 0.760. The van der Waals surface area contributed by atoms with Crippen molar-refractivity contribution in [3.8, 4) is 0 Å². The molecule has 1 rings (SSSR count). The van der Waals surface area contributed by atoms with E-state index in [1.54, 1.807) is 6.54 Å². The molecule has 0 saturated carbocycles. The highest BCUT2D eigenvalue weighted by Gasteiger charge is 1.85. The van der Waals surface area contributed by atoms with Gasteiger partial charge in [0.05, 0.1) is 6.54 Å². The van der Waals surface area contributed by atoms with Crippen LogP contribution in [-0.2, 0) is 0 Å². The normalized spacial score (nSPS) is 19.2. The Bertz CT molecular complexity index is 42.9. The Morgan fingerprint density at radius 2 is 2.80 bits per heavy atom. The molecule has 1 aliphatic heterocycles. The second-order valence-corrected chi connectivity index (χ2v) is 0.760. The van der Waals surface area contributed by atoms with E-state index in [1.165, 1.54) is 0 Å². The number of nitrogens with zero attached hydrogens (tertiary/aromatic N) is 2. The molecule has 5 heavy (non-hydrogen) atoms. The molecule has 0 saturated heterocycles. The van der Waals surface area contributed by atoms with E-state index in [9.17, 15) is 0 Å². The van der Waals surface area contributed by atoms with Crippen LogP contribution in [0.4, 0.5) is 0 Å². The topological polar surface area (TPSA) is 36.8 Å². The van der Waals surface area contributed by atoms with Gasteiger partial charge in [-0.3, -0.25) is 5.43 Å². The predicted octanol–water partition coefficient (Wildman–Crippen LogP) is 0.119. The van der Waals surface area contributed by atoms with Crippen LogP contribution in [0.2, 0.25) is 0 Å². The van der Waals surface area contributed by atoms with Crippen LogP contribution < -0.4 is 5.43 Å². The molecular weight excluding hydrogens is 66.0 g/mol. The molecule has 1 N–H and O–H groups in total. The van der Waals surface area contributed by atoms with Crippen LogP contribution in [0.3, 0.4) is 0 Å². The quantitative estimate of drug-likeness (QED) is 0.431. The summed E-state index contributed by atoms with van der Waals surface area (Å²) in [4.78, 5) is 0. The smallest absolute Gasteiger partial charge is 0.118 e. The van der Waals surface area contributed by atoms with Crippen LogP contribution in [0.25, 0.3) is 0 Å². The summed E-state index contributed by atoms with van der Waals surface area (Å²) in [6, 6.07) is 0. The van der Waals surface area contributed by atoms with Gasteiger partial charge in [-0.05, 0) is 0 Å². The number of nitrogens with one attached hydrogen (secondary N) is 1. The van der Waals surface area contributed by atoms with Crippen LogP contribution in [0, 0.1) is 6.54 Å². The van der Waals surface area contributed by atoms with E-state index < -0.39 is 0 Å². The van der Waals surface area contributed by atoms with Gasteiger partial charge in [-0.15, -0.1) is 0 Å². The van der Waals surface area contributed by atoms with Crippen molar-refractivity contribution >= 4 is 0 Å². The molecule has 0 atom stereocenters. The van der Waals surface area contributed by atoms with Crippen molar-refractivity contribution in [1.29, 1.82) is 0 Å². The maximum absolute atomic E-state index is 3.47. The Labute approximate surface area is 30.1 Å². The summed E-state index contributed by atoms with van der Waals surface area (Å²) in [5.74, 6) is 0. The van der Waals surface area contributed by atoms with Gasteiger partial charge in [0.1, 0.15) is 6.54 Å². The first kappa shape index (κ1) is 2.63. The summed E-state index contributed by atoms with van der Waals surface area (Å²) in [6.45, 7) is 2.50. The van der Waals surface area contributed by atoms with E-state index in [1.807, 2.05) is 0 Å². The molecule has 0 aromatic heterocycles. The summed E-state index contributed by atoms with van der Waals surface area (Å²) in [7, 11) is 0. The highest BCUT2D eigenvalue weighted by molar-refractivity contribution is 4.63. The van der Waals surface area contributed by atoms with E-state index in [2.05, 4.69) is 15.8 Å². The van der Waals surface area contributed by atoms with Gasteiger partial charge in [-0.2, -0.15) is 5.11 Å². The van der Waals surface area contributed by atoms with Gasteiger partial charge in [0.2, 0.25) is 0 Å². The minimum atomic E-state index is 0.792. The van der Waals surface area contributed by atoms with Gasteiger partial charge in [0.15, 0.2) is 0 Å². The molecule has 1 aliphatic rings. The first-order valence-corrected chi connectivity index (χ1v) is 1.44. The maximum Gasteiger partial charge on any atom is 0.118 e. The molecule has 3 heteroatoms. The largest absolute Gasteiger partial charge is 0.289 e. The van der Waals surface area contributed by atoms with Crippen LogP contribution in [-0.4, -0.2) is 6.54 Å². The van der Waals surface area contributed by atoms with E-state index in [-0.39, 0.29) is 0 Å². The Hall–Kier alpha value is -0.600. The number of rotatable bonds is 0. The van der Waals surface area contributed by atoms with Crippen molar-refractivity contribution in [2.75, 3.05) is 6.54 Å². The Morgan fingerprint density at radius 3 is 3.00 bits per heavy atom. The zero-order valence-electron chi connectivity index (χ0n) is 2.68. The lowest BCUT2D eigenvalue weighted by molar-refractivity contribution is 0.839. The van der Waals surface area contributed by atoms with Crippen molar-refractivity contribution in [3.05, 3.63) is 6.54 Å². The molecule has 27 valence electrons. The minimum absolute atomic E-state index is 0.792. The summed E-state index contributed by atoms with van der Waals surface area (Å²) in [6.07, 6.45) is 0. The van der Waals surface area contributed by atoms with Gasteiger partial charge in [-0.25, -0.2) is 0 Å². The first-order valence-electron chi connectivity index (χ1n) is 1.44. The van der Waals surface area contributed by atoms with Gasteiger partial charge in [-0.1, -0.05) is 5.22 Å². The van der Waals surface area contributed by atoms with Crippen LogP contribution in [0.5, 0.6) is 0 Å². The molecule has 3 nitrogen and oxygen atoms in total. The van der Waals surface area contributed by atoms with Crippen molar-refractivity contribution < 1.29 is 0 Å². The molecule has 0 fully saturated rings. The van der Waals surface area contributed by atoms with Crippen LogP contribution in [0.1, 0.15) is 0 Å². The third-order valence-electron chi connectivity index (χ3n) is 0.393. The van der Waals surface area contributed by atoms with Crippen molar-refractivity contribution in [3.63, 3.8) is 0 Å². The molecule has 0 spiro atoms. The Morgan fingerprint density at radius 1 is 1.80 bits per heavy atom. The van der Waals surface area contributed by atoms with Gasteiger partial charge in [0, 0.05) is 0 Å². The molecule has 0 amide bonds. The molecule has 0 aromatic carbocycles. The lowest BCUT2D eigenvalue weighted by Gasteiger charge is -1.71. The monoisotopic (exact) mass is 70.0 g/mol. The Balaban J connectivity index is 2.32. The lowest BCUT2D eigenvalue weighted by atomic mass is 10.7. The first-order chi connectivity index (χ1) is 2.50. The third-order valence-corrected chi connectivity index (χ3v) is 0.393. The number of hydrogen-bond donors (Lipinski definition) is 1. The highest BCUT2D eigenvalue weighted by Crippen LogP contribution is 1.83. The molecule has 0 unspecified atom stereocenters. The minimum Gasteiger partial charge on any atom is -0.289 e.